The van der Waals surface area contributed by atoms with E-state index in [1.165, 1.54) is 44.1 Å². The van der Waals surface area contributed by atoms with Gasteiger partial charge in [0.05, 0.1) is 6.10 Å². The van der Waals surface area contributed by atoms with Crippen molar-refractivity contribution in [2.45, 2.75) is 64.9 Å². The molecular formula is C13H24O. The molecule has 0 aliphatic heterocycles. The van der Waals surface area contributed by atoms with E-state index in [4.69, 9.17) is 0 Å². The summed E-state index contributed by atoms with van der Waals surface area (Å²) in [6.07, 6.45) is 10.3. The zero-order chi connectivity index (χ0) is 10.4. The first-order valence-corrected chi connectivity index (χ1v) is 6.13. The lowest BCUT2D eigenvalue weighted by Gasteiger charge is -2.14. The van der Waals surface area contributed by atoms with Crippen LogP contribution in [0.2, 0.25) is 0 Å². The van der Waals surface area contributed by atoms with Gasteiger partial charge in [-0.15, -0.1) is 0 Å². The van der Waals surface area contributed by atoms with Crippen LogP contribution in [0, 0.1) is 5.92 Å². The first-order chi connectivity index (χ1) is 6.76. The predicted molar refractivity (Wildman–Crippen MR) is 61.2 cm³/mol. The van der Waals surface area contributed by atoms with E-state index in [-0.39, 0.29) is 6.10 Å². The van der Waals surface area contributed by atoms with Gasteiger partial charge in [0, 0.05) is 0 Å². The zero-order valence-electron chi connectivity index (χ0n) is 9.63. The van der Waals surface area contributed by atoms with Gasteiger partial charge < -0.3 is 5.11 Å². The van der Waals surface area contributed by atoms with Crippen LogP contribution in [-0.4, -0.2) is 11.2 Å². The van der Waals surface area contributed by atoms with E-state index in [9.17, 15) is 5.11 Å². The van der Waals surface area contributed by atoms with Crippen LogP contribution < -0.4 is 0 Å². The third-order valence-electron chi connectivity index (χ3n) is 3.38. The van der Waals surface area contributed by atoms with E-state index >= 15 is 0 Å². The van der Waals surface area contributed by atoms with Crippen molar-refractivity contribution >= 4 is 0 Å². The van der Waals surface area contributed by atoms with Crippen molar-refractivity contribution in [3.05, 3.63) is 11.6 Å². The van der Waals surface area contributed by atoms with Gasteiger partial charge in [-0.2, -0.15) is 0 Å². The van der Waals surface area contributed by atoms with Crippen LogP contribution in [0.25, 0.3) is 0 Å². The van der Waals surface area contributed by atoms with E-state index < -0.39 is 0 Å². The normalized spacial score (nSPS) is 23.4. The number of rotatable bonds is 4. The maximum Gasteiger partial charge on any atom is 0.0723 e. The lowest BCUT2D eigenvalue weighted by molar-refractivity contribution is 0.210. The minimum Gasteiger partial charge on any atom is -0.389 e. The molecule has 1 rings (SSSR count). The molecule has 14 heavy (non-hydrogen) atoms. The summed E-state index contributed by atoms with van der Waals surface area (Å²) in [5, 5.41) is 9.64. The van der Waals surface area contributed by atoms with Gasteiger partial charge in [0.25, 0.3) is 0 Å². The monoisotopic (exact) mass is 196 g/mol. The average Bonchev–Trinajstić information content (AvgIpc) is 2.39. The van der Waals surface area contributed by atoms with Crippen LogP contribution in [0.15, 0.2) is 11.6 Å². The summed E-state index contributed by atoms with van der Waals surface area (Å²) in [6, 6.07) is 0. The molecule has 1 aliphatic carbocycles. The third kappa shape index (κ3) is 3.83. The van der Waals surface area contributed by atoms with Gasteiger partial charge in [-0.3, -0.25) is 0 Å². The summed E-state index contributed by atoms with van der Waals surface area (Å²) >= 11 is 0. The smallest absolute Gasteiger partial charge is 0.0723 e. The van der Waals surface area contributed by atoms with Gasteiger partial charge in [-0.25, -0.2) is 0 Å². The molecule has 0 saturated carbocycles. The van der Waals surface area contributed by atoms with Crippen LogP contribution in [0.1, 0.15) is 58.8 Å². The van der Waals surface area contributed by atoms with Crippen LogP contribution in [0.5, 0.6) is 0 Å². The molecule has 1 unspecified atom stereocenters. The number of aliphatic hydroxyl groups excluding tert-OH is 1. The van der Waals surface area contributed by atoms with Gasteiger partial charge in [-0.05, 0) is 31.6 Å². The van der Waals surface area contributed by atoms with E-state index in [0.29, 0.717) is 0 Å². The molecule has 0 radical (unpaired) electrons. The molecule has 0 aromatic heterocycles. The minimum absolute atomic E-state index is 0.165. The topological polar surface area (TPSA) is 20.2 Å². The Hall–Kier alpha value is -0.300. The highest BCUT2D eigenvalue weighted by molar-refractivity contribution is 5.07. The minimum atomic E-state index is -0.165. The van der Waals surface area contributed by atoms with Crippen LogP contribution in [-0.2, 0) is 0 Å². The molecule has 0 heterocycles. The summed E-state index contributed by atoms with van der Waals surface area (Å²) in [6.45, 7) is 4.53. The van der Waals surface area contributed by atoms with Crippen molar-refractivity contribution < 1.29 is 5.11 Å². The summed E-state index contributed by atoms with van der Waals surface area (Å²) in [5.74, 6) is 0.826. The fourth-order valence-corrected chi connectivity index (χ4v) is 2.26. The Balaban J connectivity index is 2.47. The Morgan fingerprint density at radius 1 is 1.36 bits per heavy atom. The molecule has 0 bridgehead atoms. The molecule has 1 aliphatic rings. The fraction of sp³-hybridized carbons (Fsp3) is 0.846. The second-order valence-electron chi connectivity index (χ2n) is 4.52. The molecule has 0 aromatic rings. The molecule has 0 aromatic carbocycles. The Kier molecular flexibility index (Phi) is 5.24. The lowest BCUT2D eigenvalue weighted by Crippen LogP contribution is -2.03. The van der Waals surface area contributed by atoms with Gasteiger partial charge >= 0.3 is 0 Å². The van der Waals surface area contributed by atoms with Crippen LogP contribution in [0.3, 0.4) is 0 Å². The molecule has 0 amide bonds. The quantitative estimate of drug-likeness (QED) is 0.680. The summed E-state index contributed by atoms with van der Waals surface area (Å²) in [4.78, 5) is 0. The molecule has 0 spiro atoms. The van der Waals surface area contributed by atoms with Gasteiger partial charge in [0.1, 0.15) is 0 Å². The van der Waals surface area contributed by atoms with Crippen molar-refractivity contribution in [1.82, 2.24) is 0 Å². The Bertz CT molecular complexity index is 180. The van der Waals surface area contributed by atoms with Crippen molar-refractivity contribution in [3.63, 3.8) is 0 Å². The molecule has 1 nitrogen and oxygen atoms in total. The number of aliphatic hydroxyl groups is 1. The van der Waals surface area contributed by atoms with Crippen LogP contribution >= 0.6 is 0 Å². The van der Waals surface area contributed by atoms with Crippen molar-refractivity contribution in [2.24, 2.45) is 5.92 Å². The Labute approximate surface area is 88.2 Å². The van der Waals surface area contributed by atoms with E-state index in [0.717, 1.165) is 12.3 Å². The Morgan fingerprint density at radius 2 is 2.07 bits per heavy atom. The highest BCUT2D eigenvalue weighted by Gasteiger charge is 2.12. The lowest BCUT2D eigenvalue weighted by atomic mass is 9.92. The second kappa shape index (κ2) is 6.23. The molecular weight excluding hydrogens is 172 g/mol. The zero-order valence-corrected chi connectivity index (χ0v) is 9.63. The number of hydrogen-bond donors (Lipinski definition) is 1. The molecule has 1 N–H and O–H groups in total. The highest BCUT2D eigenvalue weighted by Crippen LogP contribution is 2.25. The molecule has 1 atom stereocenters. The van der Waals surface area contributed by atoms with E-state index in [1.54, 1.807) is 0 Å². The maximum absolute atomic E-state index is 9.64. The standard InChI is InChI=1S/C13H24O/c1-3-11(4-2)9-12-7-5-6-8-13(14)10-12/h10-11,13-14H,3-9H2,1-2H3. The highest BCUT2D eigenvalue weighted by atomic mass is 16.3. The van der Waals surface area contributed by atoms with Crippen molar-refractivity contribution in [1.29, 1.82) is 0 Å². The summed E-state index contributed by atoms with van der Waals surface area (Å²) in [7, 11) is 0. The first kappa shape index (κ1) is 11.8. The molecule has 0 saturated heterocycles. The summed E-state index contributed by atoms with van der Waals surface area (Å²) < 4.78 is 0. The Morgan fingerprint density at radius 3 is 2.71 bits per heavy atom. The number of hydrogen-bond acceptors (Lipinski definition) is 1. The van der Waals surface area contributed by atoms with Crippen molar-refractivity contribution in [3.8, 4) is 0 Å². The van der Waals surface area contributed by atoms with Gasteiger partial charge in [0.15, 0.2) is 0 Å². The fourth-order valence-electron chi connectivity index (χ4n) is 2.26. The summed E-state index contributed by atoms with van der Waals surface area (Å²) in [5.41, 5.74) is 1.50. The predicted octanol–water partition coefficient (Wildman–Crippen LogP) is 3.67. The largest absolute Gasteiger partial charge is 0.389 e. The van der Waals surface area contributed by atoms with E-state index in [1.807, 2.05) is 0 Å². The number of allylic oxidation sites excluding steroid dienone is 1. The van der Waals surface area contributed by atoms with Crippen LogP contribution in [0.4, 0.5) is 0 Å². The van der Waals surface area contributed by atoms with Crippen molar-refractivity contribution in [2.75, 3.05) is 0 Å². The van der Waals surface area contributed by atoms with E-state index in [2.05, 4.69) is 19.9 Å². The molecule has 1 heteroatoms. The first-order valence-electron chi connectivity index (χ1n) is 6.13. The third-order valence-corrected chi connectivity index (χ3v) is 3.38. The molecule has 82 valence electrons. The average molecular weight is 196 g/mol. The molecule has 0 fully saturated rings. The SMILES string of the molecule is CCC(CC)CC1=CC(O)CCCC1. The van der Waals surface area contributed by atoms with Gasteiger partial charge in [0.2, 0.25) is 0 Å². The second-order valence-corrected chi connectivity index (χ2v) is 4.52. The van der Waals surface area contributed by atoms with Gasteiger partial charge in [-0.1, -0.05) is 44.8 Å². The maximum atomic E-state index is 9.64.